The van der Waals surface area contributed by atoms with Gasteiger partial charge in [0.25, 0.3) is 0 Å². The molecule has 0 saturated carbocycles. The van der Waals surface area contributed by atoms with E-state index in [1.54, 1.807) is 12.1 Å². The number of furan rings is 1. The monoisotopic (exact) mass is 287 g/mol. The van der Waals surface area contributed by atoms with Gasteiger partial charge >= 0.3 is 0 Å². The normalized spacial score (nSPS) is 12.8. The van der Waals surface area contributed by atoms with E-state index in [1.807, 2.05) is 13.0 Å². The Morgan fingerprint density at radius 1 is 1.10 bits per heavy atom. The van der Waals surface area contributed by atoms with Crippen LogP contribution in [0.2, 0.25) is 0 Å². The Bertz CT molecular complexity index is 795. The number of hydrogen-bond donors (Lipinski definition) is 1. The number of fused-ring (bicyclic) bond motifs is 1. The molecule has 0 bridgehead atoms. The number of rotatable bonds is 3. The van der Waals surface area contributed by atoms with Crippen molar-refractivity contribution in [1.29, 1.82) is 0 Å². The van der Waals surface area contributed by atoms with Crippen molar-refractivity contribution >= 4 is 11.0 Å². The zero-order valence-electron chi connectivity index (χ0n) is 11.6. The second-order valence-electron chi connectivity index (χ2n) is 5.17. The molecule has 1 unspecified atom stereocenters. The molecule has 0 fully saturated rings. The molecular weight excluding hydrogens is 272 g/mol. The minimum absolute atomic E-state index is 0.289. The summed E-state index contributed by atoms with van der Waals surface area (Å²) in [6.45, 7) is 1.85. The van der Waals surface area contributed by atoms with Crippen LogP contribution in [0.3, 0.4) is 0 Å². The third-order valence-electron chi connectivity index (χ3n) is 3.62. The first-order chi connectivity index (χ1) is 10.0. The third kappa shape index (κ3) is 2.67. The van der Waals surface area contributed by atoms with Crippen molar-refractivity contribution in [2.75, 3.05) is 0 Å². The van der Waals surface area contributed by atoms with Crippen molar-refractivity contribution in [3.8, 4) is 0 Å². The lowest BCUT2D eigenvalue weighted by atomic mass is 10.0. The second kappa shape index (κ2) is 5.30. The van der Waals surface area contributed by atoms with Crippen molar-refractivity contribution in [1.82, 2.24) is 0 Å². The standard InChI is InChI=1S/C17H15F2NO/c1-10-14-9-13(19)5-6-16(14)21-17(10)15(20)8-11-3-2-4-12(18)7-11/h2-7,9,15H,8,20H2,1H3. The van der Waals surface area contributed by atoms with Crippen molar-refractivity contribution in [3.63, 3.8) is 0 Å². The van der Waals surface area contributed by atoms with Crippen LogP contribution in [-0.4, -0.2) is 0 Å². The Kier molecular flexibility index (Phi) is 3.47. The molecule has 3 aromatic rings. The van der Waals surface area contributed by atoms with E-state index < -0.39 is 6.04 Å². The number of hydrogen-bond acceptors (Lipinski definition) is 2. The molecule has 2 N–H and O–H groups in total. The molecule has 1 atom stereocenters. The number of benzene rings is 2. The molecule has 0 amide bonds. The summed E-state index contributed by atoms with van der Waals surface area (Å²) >= 11 is 0. The highest BCUT2D eigenvalue weighted by Gasteiger charge is 2.18. The Balaban J connectivity index is 1.94. The van der Waals surface area contributed by atoms with Gasteiger partial charge in [-0.15, -0.1) is 0 Å². The molecule has 0 spiro atoms. The molecule has 3 rings (SSSR count). The average molecular weight is 287 g/mol. The molecule has 0 saturated heterocycles. The minimum Gasteiger partial charge on any atom is -0.459 e. The van der Waals surface area contributed by atoms with E-state index >= 15 is 0 Å². The van der Waals surface area contributed by atoms with Gasteiger partial charge in [0.2, 0.25) is 0 Å². The van der Waals surface area contributed by atoms with Crippen LogP contribution >= 0.6 is 0 Å². The van der Waals surface area contributed by atoms with Crippen LogP contribution in [0.1, 0.15) is 22.9 Å². The third-order valence-corrected chi connectivity index (χ3v) is 3.62. The van der Waals surface area contributed by atoms with Crippen molar-refractivity contribution in [2.45, 2.75) is 19.4 Å². The first kappa shape index (κ1) is 13.8. The predicted molar refractivity (Wildman–Crippen MR) is 77.9 cm³/mol. The Hall–Kier alpha value is -2.20. The van der Waals surface area contributed by atoms with Crippen molar-refractivity contribution < 1.29 is 13.2 Å². The summed E-state index contributed by atoms with van der Waals surface area (Å²) in [5.41, 5.74) is 8.41. The second-order valence-corrected chi connectivity index (χ2v) is 5.17. The molecular formula is C17H15F2NO. The van der Waals surface area contributed by atoms with Crippen LogP contribution in [-0.2, 0) is 6.42 Å². The van der Waals surface area contributed by atoms with Crippen LogP contribution in [0.4, 0.5) is 8.78 Å². The Morgan fingerprint density at radius 3 is 2.62 bits per heavy atom. The summed E-state index contributed by atoms with van der Waals surface area (Å²) < 4.78 is 32.2. The van der Waals surface area contributed by atoms with Gasteiger partial charge in [-0.1, -0.05) is 12.1 Å². The maximum absolute atomic E-state index is 13.3. The van der Waals surface area contributed by atoms with Gasteiger partial charge in [-0.2, -0.15) is 0 Å². The van der Waals surface area contributed by atoms with Crippen molar-refractivity contribution in [3.05, 3.63) is 71.0 Å². The molecule has 2 nitrogen and oxygen atoms in total. The molecule has 0 radical (unpaired) electrons. The summed E-state index contributed by atoms with van der Waals surface area (Å²) in [5, 5.41) is 0.722. The molecule has 1 aromatic heterocycles. The van der Waals surface area contributed by atoms with Gasteiger partial charge in [-0.05, 0) is 49.2 Å². The number of nitrogens with two attached hydrogens (primary N) is 1. The van der Waals surface area contributed by atoms with E-state index in [-0.39, 0.29) is 11.6 Å². The lowest BCUT2D eigenvalue weighted by Gasteiger charge is -2.10. The van der Waals surface area contributed by atoms with Crippen LogP contribution < -0.4 is 5.73 Å². The zero-order chi connectivity index (χ0) is 15.0. The lowest BCUT2D eigenvalue weighted by molar-refractivity contribution is 0.489. The SMILES string of the molecule is Cc1c(C(N)Cc2cccc(F)c2)oc2ccc(F)cc12. The maximum atomic E-state index is 13.3. The van der Waals surface area contributed by atoms with E-state index in [0.717, 1.165) is 16.5 Å². The van der Waals surface area contributed by atoms with Gasteiger partial charge in [0, 0.05) is 10.9 Å². The first-order valence-electron chi connectivity index (χ1n) is 6.73. The van der Waals surface area contributed by atoms with E-state index in [1.165, 1.54) is 24.3 Å². The molecule has 0 aliphatic heterocycles. The van der Waals surface area contributed by atoms with Crippen molar-refractivity contribution in [2.24, 2.45) is 5.73 Å². The summed E-state index contributed by atoms with van der Waals surface area (Å²) in [6.07, 6.45) is 0.459. The smallest absolute Gasteiger partial charge is 0.134 e. The largest absolute Gasteiger partial charge is 0.459 e. The highest BCUT2D eigenvalue weighted by Crippen LogP contribution is 2.30. The maximum Gasteiger partial charge on any atom is 0.134 e. The summed E-state index contributed by atoms with van der Waals surface area (Å²) in [4.78, 5) is 0. The van der Waals surface area contributed by atoms with Gasteiger partial charge in [0.15, 0.2) is 0 Å². The zero-order valence-corrected chi connectivity index (χ0v) is 11.6. The van der Waals surface area contributed by atoms with Crippen LogP contribution in [0.5, 0.6) is 0 Å². The summed E-state index contributed by atoms with van der Waals surface area (Å²) in [5.74, 6) is 0.0135. The Labute approximate surface area is 121 Å². The minimum atomic E-state index is -0.401. The predicted octanol–water partition coefficient (Wildman–Crippen LogP) is 4.26. The molecule has 21 heavy (non-hydrogen) atoms. The summed E-state index contributed by atoms with van der Waals surface area (Å²) in [7, 11) is 0. The Morgan fingerprint density at radius 2 is 1.86 bits per heavy atom. The van der Waals surface area contributed by atoms with Gasteiger partial charge < -0.3 is 10.2 Å². The fourth-order valence-corrected chi connectivity index (χ4v) is 2.58. The van der Waals surface area contributed by atoms with E-state index in [4.69, 9.17) is 10.2 Å². The summed E-state index contributed by atoms with van der Waals surface area (Å²) in [6, 6.07) is 10.3. The fraction of sp³-hybridized carbons (Fsp3) is 0.176. The van der Waals surface area contributed by atoms with E-state index in [9.17, 15) is 8.78 Å². The quantitative estimate of drug-likeness (QED) is 0.781. The topological polar surface area (TPSA) is 39.2 Å². The molecule has 1 heterocycles. The van der Waals surface area contributed by atoms with E-state index in [2.05, 4.69) is 0 Å². The van der Waals surface area contributed by atoms with Crippen LogP contribution in [0, 0.1) is 18.6 Å². The highest BCUT2D eigenvalue weighted by atomic mass is 19.1. The molecule has 0 aliphatic rings. The molecule has 108 valence electrons. The van der Waals surface area contributed by atoms with Gasteiger partial charge in [0.05, 0.1) is 6.04 Å². The molecule has 2 aromatic carbocycles. The lowest BCUT2D eigenvalue weighted by Crippen LogP contribution is -2.13. The first-order valence-corrected chi connectivity index (χ1v) is 6.73. The van der Waals surface area contributed by atoms with Crippen LogP contribution in [0.15, 0.2) is 46.9 Å². The molecule has 4 heteroatoms. The van der Waals surface area contributed by atoms with E-state index in [0.29, 0.717) is 17.8 Å². The highest BCUT2D eigenvalue weighted by molar-refractivity contribution is 5.82. The van der Waals surface area contributed by atoms with Crippen LogP contribution in [0.25, 0.3) is 11.0 Å². The number of halogens is 2. The van der Waals surface area contributed by atoms with Gasteiger partial charge in [0.1, 0.15) is 23.0 Å². The van der Waals surface area contributed by atoms with Gasteiger partial charge in [-0.25, -0.2) is 8.78 Å². The molecule has 0 aliphatic carbocycles. The average Bonchev–Trinajstić information content (AvgIpc) is 2.76. The fourth-order valence-electron chi connectivity index (χ4n) is 2.58. The number of aryl methyl sites for hydroxylation is 1. The van der Waals surface area contributed by atoms with Gasteiger partial charge in [-0.3, -0.25) is 0 Å².